The third-order valence-electron chi connectivity index (χ3n) is 2.00. The molecule has 0 aliphatic rings. The number of hydrogen-bond donors (Lipinski definition) is 0. The van der Waals surface area contributed by atoms with Crippen molar-refractivity contribution >= 4 is 5.97 Å². The molecule has 1 rings (SSSR count). The molecular weight excluding hydrogens is 220 g/mol. The van der Waals surface area contributed by atoms with E-state index in [4.69, 9.17) is 9.47 Å². The highest BCUT2D eigenvalue weighted by molar-refractivity contribution is 5.89. The van der Waals surface area contributed by atoms with E-state index in [2.05, 4.69) is 4.74 Å². The molecule has 0 bridgehead atoms. The van der Waals surface area contributed by atoms with Crippen LogP contribution in [0.2, 0.25) is 0 Å². The summed E-state index contributed by atoms with van der Waals surface area (Å²) in [5.41, 5.74) is 0.492. The van der Waals surface area contributed by atoms with E-state index in [-0.39, 0.29) is 12.8 Å². The first-order chi connectivity index (χ1) is 8.27. The van der Waals surface area contributed by atoms with E-state index in [9.17, 15) is 4.79 Å². The Morgan fingerprint density at radius 1 is 1.29 bits per heavy atom. The first-order valence-corrected chi connectivity index (χ1v) is 5.35. The summed E-state index contributed by atoms with van der Waals surface area (Å²) in [6.07, 6.45) is 4.42. The van der Waals surface area contributed by atoms with Gasteiger partial charge in [-0.05, 0) is 36.8 Å². The largest absolute Gasteiger partial charge is 0.465 e. The van der Waals surface area contributed by atoms with Crippen molar-refractivity contribution < 1.29 is 19.0 Å². The van der Waals surface area contributed by atoms with Gasteiger partial charge in [-0.1, -0.05) is 6.92 Å². The summed E-state index contributed by atoms with van der Waals surface area (Å²) in [6.45, 7) is 2.17. The summed E-state index contributed by atoms with van der Waals surface area (Å²) in [4.78, 5) is 11.2. The summed E-state index contributed by atoms with van der Waals surface area (Å²) in [7, 11) is 1.35. The molecule has 0 unspecified atom stereocenters. The Balaban J connectivity index is 2.40. The second kappa shape index (κ2) is 7.33. The lowest BCUT2D eigenvalue weighted by atomic mass is 10.2. The van der Waals surface area contributed by atoms with Crippen molar-refractivity contribution in [3.05, 3.63) is 42.2 Å². The van der Waals surface area contributed by atoms with Crippen molar-refractivity contribution in [2.45, 2.75) is 13.3 Å². The van der Waals surface area contributed by atoms with Gasteiger partial charge in [0.1, 0.15) is 5.75 Å². The Hall–Kier alpha value is -1.97. The normalized spacial score (nSPS) is 10.2. The van der Waals surface area contributed by atoms with Gasteiger partial charge in [-0.25, -0.2) is 4.79 Å². The Kier molecular flexibility index (Phi) is 5.64. The number of hydrogen-bond acceptors (Lipinski definition) is 4. The fourth-order valence-electron chi connectivity index (χ4n) is 1.11. The average Bonchev–Trinajstić information content (AvgIpc) is 2.38. The van der Waals surface area contributed by atoms with Crippen LogP contribution in [-0.4, -0.2) is 19.9 Å². The zero-order valence-corrected chi connectivity index (χ0v) is 10.0. The van der Waals surface area contributed by atoms with E-state index in [0.717, 1.165) is 6.42 Å². The minimum atomic E-state index is -0.362. The molecule has 1 aromatic carbocycles. The van der Waals surface area contributed by atoms with Crippen LogP contribution in [-0.2, 0) is 9.47 Å². The van der Waals surface area contributed by atoms with Crippen LogP contribution < -0.4 is 4.74 Å². The number of carbonyl (C=O) groups excluding carboxylic acids is 1. The van der Waals surface area contributed by atoms with Gasteiger partial charge in [0.25, 0.3) is 0 Å². The van der Waals surface area contributed by atoms with Gasteiger partial charge >= 0.3 is 5.97 Å². The molecular formula is C13H16O4. The number of allylic oxidation sites excluding steroid dienone is 1. The number of carbonyl (C=O) groups is 1. The molecule has 1 aromatic rings. The molecule has 0 aliphatic carbocycles. The van der Waals surface area contributed by atoms with Crippen LogP contribution in [0.1, 0.15) is 23.7 Å². The van der Waals surface area contributed by atoms with Gasteiger partial charge in [0.2, 0.25) is 6.79 Å². The van der Waals surface area contributed by atoms with Gasteiger partial charge in [-0.2, -0.15) is 0 Å². The molecule has 92 valence electrons. The number of esters is 1. The molecule has 0 atom stereocenters. The van der Waals surface area contributed by atoms with Crippen LogP contribution in [0.15, 0.2) is 36.6 Å². The first kappa shape index (κ1) is 13.1. The van der Waals surface area contributed by atoms with E-state index in [1.165, 1.54) is 7.11 Å². The molecule has 0 saturated carbocycles. The van der Waals surface area contributed by atoms with E-state index in [1.807, 2.05) is 13.0 Å². The van der Waals surface area contributed by atoms with Crippen molar-refractivity contribution in [2.75, 3.05) is 13.9 Å². The fourth-order valence-corrected chi connectivity index (χ4v) is 1.11. The molecule has 4 heteroatoms. The molecule has 0 aromatic heterocycles. The number of rotatable bonds is 6. The number of benzene rings is 1. The maximum absolute atomic E-state index is 11.2. The molecule has 0 amide bonds. The molecule has 4 nitrogen and oxygen atoms in total. The maximum atomic E-state index is 11.2. The Bertz CT molecular complexity index is 368. The minimum absolute atomic E-state index is 0.147. The highest BCUT2D eigenvalue weighted by Crippen LogP contribution is 2.12. The van der Waals surface area contributed by atoms with Crippen LogP contribution in [0.4, 0.5) is 0 Å². The van der Waals surface area contributed by atoms with Crippen molar-refractivity contribution in [1.82, 2.24) is 0 Å². The Morgan fingerprint density at radius 3 is 2.59 bits per heavy atom. The molecule has 0 saturated heterocycles. The van der Waals surface area contributed by atoms with E-state index >= 15 is 0 Å². The average molecular weight is 236 g/mol. The molecule has 17 heavy (non-hydrogen) atoms. The monoisotopic (exact) mass is 236 g/mol. The van der Waals surface area contributed by atoms with Gasteiger partial charge in [-0.15, -0.1) is 0 Å². The van der Waals surface area contributed by atoms with Gasteiger partial charge in [0.05, 0.1) is 18.9 Å². The predicted octanol–water partition coefficient (Wildman–Crippen LogP) is 2.75. The highest BCUT2D eigenvalue weighted by Gasteiger charge is 2.04. The lowest BCUT2D eigenvalue weighted by molar-refractivity contribution is 0.0600. The molecule has 0 heterocycles. The minimum Gasteiger partial charge on any atom is -0.465 e. The van der Waals surface area contributed by atoms with Crippen LogP contribution in [0.5, 0.6) is 5.75 Å². The number of methoxy groups -OCH3 is 1. The van der Waals surface area contributed by atoms with Crippen LogP contribution in [0.25, 0.3) is 0 Å². The Morgan fingerprint density at radius 2 is 2.00 bits per heavy atom. The van der Waals surface area contributed by atoms with Crippen LogP contribution in [0, 0.1) is 0 Å². The van der Waals surface area contributed by atoms with Crippen LogP contribution >= 0.6 is 0 Å². The third kappa shape index (κ3) is 4.59. The van der Waals surface area contributed by atoms with E-state index in [1.54, 1.807) is 30.5 Å². The number of ether oxygens (including phenoxy) is 3. The maximum Gasteiger partial charge on any atom is 0.337 e. The zero-order valence-electron chi connectivity index (χ0n) is 10.0. The molecule has 0 aliphatic heterocycles. The van der Waals surface area contributed by atoms with Crippen molar-refractivity contribution in [3.63, 3.8) is 0 Å². The lowest BCUT2D eigenvalue weighted by Crippen LogP contribution is -2.02. The zero-order chi connectivity index (χ0) is 12.5. The predicted molar refractivity (Wildman–Crippen MR) is 63.8 cm³/mol. The quantitative estimate of drug-likeness (QED) is 0.330. The van der Waals surface area contributed by atoms with E-state index in [0.29, 0.717) is 11.3 Å². The Labute approximate surface area is 101 Å². The van der Waals surface area contributed by atoms with Gasteiger partial charge in [0.15, 0.2) is 0 Å². The fraction of sp³-hybridized carbons (Fsp3) is 0.308. The first-order valence-electron chi connectivity index (χ1n) is 5.35. The highest BCUT2D eigenvalue weighted by atomic mass is 16.7. The third-order valence-corrected chi connectivity index (χ3v) is 2.00. The summed E-state index contributed by atoms with van der Waals surface area (Å²) in [5, 5.41) is 0. The molecule has 0 spiro atoms. The van der Waals surface area contributed by atoms with Crippen LogP contribution in [0.3, 0.4) is 0 Å². The second-order valence-corrected chi connectivity index (χ2v) is 3.22. The summed E-state index contributed by atoms with van der Waals surface area (Å²) in [5.74, 6) is 0.279. The van der Waals surface area contributed by atoms with E-state index < -0.39 is 0 Å². The SMILES string of the molecule is CCC=COCOc1ccc(C(=O)OC)cc1. The molecule has 0 fully saturated rings. The summed E-state index contributed by atoms with van der Waals surface area (Å²) in [6, 6.07) is 6.67. The topological polar surface area (TPSA) is 44.8 Å². The molecule has 0 N–H and O–H groups in total. The summed E-state index contributed by atoms with van der Waals surface area (Å²) >= 11 is 0. The van der Waals surface area contributed by atoms with Crippen molar-refractivity contribution in [1.29, 1.82) is 0 Å². The van der Waals surface area contributed by atoms with Gasteiger partial charge < -0.3 is 14.2 Å². The van der Waals surface area contributed by atoms with Crippen molar-refractivity contribution in [2.24, 2.45) is 0 Å². The second-order valence-electron chi connectivity index (χ2n) is 3.22. The van der Waals surface area contributed by atoms with Gasteiger partial charge in [0, 0.05) is 0 Å². The smallest absolute Gasteiger partial charge is 0.337 e. The standard InChI is InChI=1S/C13H16O4/c1-3-4-9-16-10-17-12-7-5-11(6-8-12)13(14)15-2/h4-9H,3,10H2,1-2H3. The van der Waals surface area contributed by atoms with Crippen molar-refractivity contribution in [3.8, 4) is 5.75 Å². The summed E-state index contributed by atoms with van der Waals surface area (Å²) < 4.78 is 15.0. The van der Waals surface area contributed by atoms with Gasteiger partial charge in [-0.3, -0.25) is 0 Å². The molecule has 0 radical (unpaired) electrons. The lowest BCUT2D eigenvalue weighted by Gasteiger charge is -2.05.